The van der Waals surface area contributed by atoms with Crippen LogP contribution in [0.15, 0.2) is 48.5 Å². The van der Waals surface area contributed by atoms with Crippen molar-refractivity contribution in [1.82, 2.24) is 5.32 Å². The molecule has 3 heteroatoms. The van der Waals surface area contributed by atoms with Gasteiger partial charge in [-0.3, -0.25) is 0 Å². The lowest BCUT2D eigenvalue weighted by atomic mass is 9.98. The zero-order chi connectivity index (χ0) is 14.4. The first kappa shape index (κ1) is 15.0. The van der Waals surface area contributed by atoms with E-state index in [2.05, 4.69) is 36.5 Å². The lowest BCUT2D eigenvalue weighted by Gasteiger charge is -2.12. The smallest absolute Gasteiger partial charge is 0.141 e. The molecule has 106 valence electrons. The predicted molar refractivity (Wildman–Crippen MR) is 82.6 cm³/mol. The highest BCUT2D eigenvalue weighted by molar-refractivity contribution is 6.30. The maximum atomic E-state index is 13.0. The standard InChI is InChI=1S/C17H19ClFN/c1-13(15-5-3-2-4-6-15)9-10-20-12-14-7-8-17(19)16(18)11-14/h2-8,11,13,20H,9-10,12H2,1H3. The topological polar surface area (TPSA) is 12.0 Å². The summed E-state index contributed by atoms with van der Waals surface area (Å²) in [4.78, 5) is 0. The zero-order valence-corrected chi connectivity index (χ0v) is 12.3. The van der Waals surface area contributed by atoms with Gasteiger partial charge in [-0.15, -0.1) is 0 Å². The molecule has 20 heavy (non-hydrogen) atoms. The predicted octanol–water partition coefficient (Wildman–Crippen LogP) is 4.76. The van der Waals surface area contributed by atoms with Crippen LogP contribution in [0, 0.1) is 5.82 Å². The van der Waals surface area contributed by atoms with Crippen LogP contribution < -0.4 is 5.32 Å². The molecule has 2 aromatic rings. The number of benzene rings is 2. The molecule has 0 fully saturated rings. The molecular formula is C17H19ClFN. The van der Waals surface area contributed by atoms with E-state index in [1.165, 1.54) is 11.6 Å². The zero-order valence-electron chi connectivity index (χ0n) is 11.6. The van der Waals surface area contributed by atoms with E-state index in [4.69, 9.17) is 11.6 Å². The van der Waals surface area contributed by atoms with Gasteiger partial charge in [-0.05, 0) is 42.1 Å². The summed E-state index contributed by atoms with van der Waals surface area (Å²) in [7, 11) is 0. The van der Waals surface area contributed by atoms with Gasteiger partial charge < -0.3 is 5.32 Å². The first-order chi connectivity index (χ1) is 9.66. The minimum absolute atomic E-state index is 0.182. The summed E-state index contributed by atoms with van der Waals surface area (Å²) >= 11 is 5.75. The minimum atomic E-state index is -0.367. The summed E-state index contributed by atoms with van der Waals surface area (Å²) in [5, 5.41) is 3.55. The Kier molecular flexibility index (Phi) is 5.57. The van der Waals surface area contributed by atoms with Gasteiger partial charge >= 0.3 is 0 Å². The van der Waals surface area contributed by atoms with Crippen LogP contribution in [-0.4, -0.2) is 6.54 Å². The molecule has 0 bridgehead atoms. The van der Waals surface area contributed by atoms with Crippen LogP contribution in [-0.2, 0) is 6.54 Å². The normalized spacial score (nSPS) is 12.3. The summed E-state index contributed by atoms with van der Waals surface area (Å²) in [6.07, 6.45) is 1.07. The molecule has 0 aromatic heterocycles. The Morgan fingerprint density at radius 3 is 2.60 bits per heavy atom. The number of nitrogens with one attached hydrogen (secondary N) is 1. The summed E-state index contributed by atoms with van der Waals surface area (Å²) in [5.41, 5.74) is 2.36. The first-order valence-corrected chi connectivity index (χ1v) is 7.24. The Morgan fingerprint density at radius 2 is 1.90 bits per heavy atom. The Bertz CT molecular complexity index is 542. The van der Waals surface area contributed by atoms with Crippen LogP contribution in [0.25, 0.3) is 0 Å². The van der Waals surface area contributed by atoms with E-state index in [0.29, 0.717) is 12.5 Å². The van der Waals surface area contributed by atoms with Crippen LogP contribution in [0.4, 0.5) is 4.39 Å². The molecule has 2 rings (SSSR count). The van der Waals surface area contributed by atoms with Gasteiger partial charge in [-0.1, -0.05) is 54.9 Å². The van der Waals surface area contributed by atoms with Gasteiger partial charge in [0.1, 0.15) is 5.82 Å². The largest absolute Gasteiger partial charge is 0.313 e. The maximum Gasteiger partial charge on any atom is 0.141 e. The third kappa shape index (κ3) is 4.32. The Labute approximate surface area is 124 Å². The van der Waals surface area contributed by atoms with Crippen molar-refractivity contribution in [3.63, 3.8) is 0 Å². The average molecular weight is 292 g/mol. The van der Waals surface area contributed by atoms with Crippen LogP contribution in [0.5, 0.6) is 0 Å². The second kappa shape index (κ2) is 7.41. The summed E-state index contributed by atoms with van der Waals surface area (Å²) in [6.45, 7) is 3.86. The van der Waals surface area contributed by atoms with Crippen molar-refractivity contribution in [3.8, 4) is 0 Å². The number of hydrogen-bond acceptors (Lipinski definition) is 1. The van der Waals surface area contributed by atoms with Crippen LogP contribution in [0.3, 0.4) is 0 Å². The molecule has 0 aliphatic heterocycles. The fraction of sp³-hybridized carbons (Fsp3) is 0.294. The van der Waals surface area contributed by atoms with E-state index in [1.807, 2.05) is 6.07 Å². The van der Waals surface area contributed by atoms with Crippen LogP contribution in [0.1, 0.15) is 30.4 Å². The molecule has 1 nitrogen and oxygen atoms in total. The number of rotatable bonds is 6. The maximum absolute atomic E-state index is 13.0. The van der Waals surface area contributed by atoms with Crippen LogP contribution in [0.2, 0.25) is 5.02 Å². The van der Waals surface area contributed by atoms with E-state index in [0.717, 1.165) is 18.5 Å². The molecular weight excluding hydrogens is 273 g/mol. The first-order valence-electron chi connectivity index (χ1n) is 6.86. The summed E-state index contributed by atoms with van der Waals surface area (Å²) in [5.74, 6) is 0.161. The van der Waals surface area contributed by atoms with Gasteiger partial charge in [0.25, 0.3) is 0 Å². The second-order valence-electron chi connectivity index (χ2n) is 5.03. The summed E-state index contributed by atoms with van der Waals surface area (Å²) in [6, 6.07) is 15.3. The molecule has 1 N–H and O–H groups in total. The highest BCUT2D eigenvalue weighted by Crippen LogP contribution is 2.18. The fourth-order valence-electron chi connectivity index (χ4n) is 2.15. The number of hydrogen-bond donors (Lipinski definition) is 1. The molecule has 0 saturated heterocycles. The molecule has 0 heterocycles. The molecule has 0 aliphatic rings. The number of halogens is 2. The SMILES string of the molecule is CC(CCNCc1ccc(F)c(Cl)c1)c1ccccc1. The molecule has 1 unspecified atom stereocenters. The van der Waals surface area contributed by atoms with E-state index < -0.39 is 0 Å². The van der Waals surface area contributed by atoms with E-state index in [9.17, 15) is 4.39 Å². The quantitative estimate of drug-likeness (QED) is 0.757. The van der Waals surface area contributed by atoms with Crippen molar-refractivity contribution < 1.29 is 4.39 Å². The second-order valence-corrected chi connectivity index (χ2v) is 5.43. The molecule has 0 aliphatic carbocycles. The lowest BCUT2D eigenvalue weighted by Crippen LogP contribution is -2.16. The fourth-order valence-corrected chi connectivity index (χ4v) is 2.35. The Morgan fingerprint density at radius 1 is 1.15 bits per heavy atom. The van der Waals surface area contributed by atoms with Gasteiger partial charge in [0.05, 0.1) is 5.02 Å². The Hall–Kier alpha value is -1.38. The van der Waals surface area contributed by atoms with E-state index in [-0.39, 0.29) is 10.8 Å². The van der Waals surface area contributed by atoms with Gasteiger partial charge in [-0.25, -0.2) is 4.39 Å². The third-order valence-corrected chi connectivity index (χ3v) is 3.73. The van der Waals surface area contributed by atoms with Crippen molar-refractivity contribution in [2.24, 2.45) is 0 Å². The van der Waals surface area contributed by atoms with E-state index >= 15 is 0 Å². The van der Waals surface area contributed by atoms with Crippen molar-refractivity contribution in [3.05, 3.63) is 70.5 Å². The molecule has 0 amide bonds. The summed E-state index contributed by atoms with van der Waals surface area (Å²) < 4.78 is 13.0. The molecule has 0 saturated carbocycles. The van der Waals surface area contributed by atoms with Gasteiger partial charge in [-0.2, -0.15) is 0 Å². The van der Waals surface area contributed by atoms with Gasteiger partial charge in [0, 0.05) is 6.54 Å². The van der Waals surface area contributed by atoms with Crippen molar-refractivity contribution in [2.75, 3.05) is 6.54 Å². The lowest BCUT2D eigenvalue weighted by molar-refractivity contribution is 0.592. The van der Waals surface area contributed by atoms with Crippen molar-refractivity contribution >= 4 is 11.6 Å². The van der Waals surface area contributed by atoms with Gasteiger partial charge in [0.15, 0.2) is 0 Å². The molecule has 1 atom stereocenters. The third-order valence-electron chi connectivity index (χ3n) is 3.44. The minimum Gasteiger partial charge on any atom is -0.313 e. The van der Waals surface area contributed by atoms with Crippen LogP contribution >= 0.6 is 11.6 Å². The van der Waals surface area contributed by atoms with Crippen molar-refractivity contribution in [2.45, 2.75) is 25.8 Å². The van der Waals surface area contributed by atoms with Crippen molar-refractivity contribution in [1.29, 1.82) is 0 Å². The molecule has 0 spiro atoms. The Balaban J connectivity index is 1.75. The molecule has 0 radical (unpaired) electrons. The molecule has 2 aromatic carbocycles. The highest BCUT2D eigenvalue weighted by Gasteiger charge is 2.04. The highest BCUT2D eigenvalue weighted by atomic mass is 35.5. The van der Waals surface area contributed by atoms with E-state index in [1.54, 1.807) is 12.1 Å². The van der Waals surface area contributed by atoms with Gasteiger partial charge in [0.2, 0.25) is 0 Å². The monoisotopic (exact) mass is 291 g/mol. The average Bonchev–Trinajstić information content (AvgIpc) is 2.48.